The molecule has 2 rings (SSSR count). The fourth-order valence-corrected chi connectivity index (χ4v) is 2.89. The van der Waals surface area contributed by atoms with Crippen molar-refractivity contribution >= 4 is 0 Å². The monoisotopic (exact) mass is 263 g/mol. The fourth-order valence-electron chi connectivity index (χ4n) is 2.89. The van der Waals surface area contributed by atoms with Crippen LogP contribution in [0.3, 0.4) is 0 Å². The lowest BCUT2D eigenvalue weighted by atomic mass is 9.70. The molecule has 3 heteroatoms. The van der Waals surface area contributed by atoms with E-state index in [1.165, 1.54) is 17.5 Å². The number of hydrogen-bond donors (Lipinski definition) is 1. The van der Waals surface area contributed by atoms with Gasteiger partial charge in [-0.25, -0.2) is 0 Å². The van der Waals surface area contributed by atoms with Crippen LogP contribution in [0.2, 0.25) is 0 Å². The van der Waals surface area contributed by atoms with Gasteiger partial charge in [-0.15, -0.1) is 0 Å². The van der Waals surface area contributed by atoms with E-state index in [0.29, 0.717) is 13.2 Å². The maximum absolute atomic E-state index is 6.06. The van der Waals surface area contributed by atoms with E-state index in [0.717, 1.165) is 32.4 Å². The maximum Gasteiger partial charge on any atom is 0.0700 e. The van der Waals surface area contributed by atoms with Crippen LogP contribution in [0.4, 0.5) is 0 Å². The molecule has 1 aromatic rings. The molecule has 3 nitrogen and oxygen atoms in total. The molecule has 1 aliphatic rings. The maximum atomic E-state index is 6.06. The first kappa shape index (κ1) is 14.5. The van der Waals surface area contributed by atoms with E-state index >= 15 is 0 Å². The van der Waals surface area contributed by atoms with Crippen molar-refractivity contribution < 1.29 is 9.47 Å². The third-order valence-corrected chi connectivity index (χ3v) is 4.25. The smallest absolute Gasteiger partial charge is 0.0700 e. The third kappa shape index (κ3) is 3.78. The second kappa shape index (κ2) is 7.04. The first-order valence-electron chi connectivity index (χ1n) is 7.13. The Morgan fingerprint density at radius 3 is 2.68 bits per heavy atom. The molecule has 1 atom stereocenters. The lowest BCUT2D eigenvalue weighted by Crippen LogP contribution is -2.37. The largest absolute Gasteiger partial charge is 0.382 e. The Morgan fingerprint density at radius 2 is 1.95 bits per heavy atom. The molecule has 0 spiro atoms. The van der Waals surface area contributed by atoms with Gasteiger partial charge >= 0.3 is 0 Å². The van der Waals surface area contributed by atoms with E-state index < -0.39 is 0 Å². The lowest BCUT2D eigenvalue weighted by molar-refractivity contribution is 0.0491. The van der Waals surface area contributed by atoms with Crippen molar-refractivity contribution in [2.24, 2.45) is 11.1 Å². The lowest BCUT2D eigenvalue weighted by Gasteiger charge is -2.37. The summed E-state index contributed by atoms with van der Waals surface area (Å²) < 4.78 is 10.6. The molecule has 0 heterocycles. The fraction of sp³-hybridized carbons (Fsp3) is 0.625. The number of aryl methyl sites for hydroxylation is 1. The highest BCUT2D eigenvalue weighted by Gasteiger charge is 2.32. The Morgan fingerprint density at radius 1 is 1.16 bits per heavy atom. The van der Waals surface area contributed by atoms with Crippen LogP contribution in [0.1, 0.15) is 24.0 Å². The Kier molecular flexibility index (Phi) is 5.37. The van der Waals surface area contributed by atoms with Gasteiger partial charge in [0.1, 0.15) is 0 Å². The summed E-state index contributed by atoms with van der Waals surface area (Å²) in [5, 5.41) is 0. The zero-order valence-corrected chi connectivity index (χ0v) is 11.9. The number of hydrogen-bond acceptors (Lipinski definition) is 3. The Bertz CT molecular complexity index is 394. The van der Waals surface area contributed by atoms with Gasteiger partial charge in [-0.1, -0.05) is 24.3 Å². The topological polar surface area (TPSA) is 44.5 Å². The van der Waals surface area contributed by atoms with Crippen molar-refractivity contribution in [3.63, 3.8) is 0 Å². The Labute approximate surface area is 116 Å². The second-order valence-electron chi connectivity index (χ2n) is 5.50. The molecule has 2 N–H and O–H groups in total. The summed E-state index contributed by atoms with van der Waals surface area (Å²) in [5.74, 6) is 0. The number of rotatable bonds is 7. The Hall–Kier alpha value is -0.900. The second-order valence-corrected chi connectivity index (χ2v) is 5.50. The SMILES string of the molecule is COCCOCCC1(CN)CCc2ccccc2C1. The third-order valence-electron chi connectivity index (χ3n) is 4.25. The molecule has 0 bridgehead atoms. The summed E-state index contributed by atoms with van der Waals surface area (Å²) in [6.45, 7) is 2.86. The first-order valence-corrected chi connectivity index (χ1v) is 7.13. The van der Waals surface area contributed by atoms with Gasteiger partial charge in [-0.05, 0) is 48.8 Å². The minimum absolute atomic E-state index is 0.224. The van der Waals surface area contributed by atoms with Crippen LogP contribution in [0.5, 0.6) is 0 Å². The van der Waals surface area contributed by atoms with Gasteiger partial charge in [0, 0.05) is 13.7 Å². The van der Waals surface area contributed by atoms with Crippen molar-refractivity contribution in [3.05, 3.63) is 35.4 Å². The van der Waals surface area contributed by atoms with E-state index in [2.05, 4.69) is 24.3 Å². The number of methoxy groups -OCH3 is 1. The zero-order valence-electron chi connectivity index (χ0n) is 11.9. The number of nitrogens with two attached hydrogens (primary N) is 1. The highest BCUT2D eigenvalue weighted by Crippen LogP contribution is 2.37. The molecule has 0 saturated heterocycles. The molecule has 0 aromatic heterocycles. The molecule has 106 valence electrons. The highest BCUT2D eigenvalue weighted by molar-refractivity contribution is 5.31. The quantitative estimate of drug-likeness (QED) is 0.767. The molecule has 0 fully saturated rings. The van der Waals surface area contributed by atoms with Crippen molar-refractivity contribution in [2.75, 3.05) is 33.5 Å². The van der Waals surface area contributed by atoms with Gasteiger partial charge in [0.05, 0.1) is 13.2 Å². The molecular weight excluding hydrogens is 238 g/mol. The van der Waals surface area contributed by atoms with Crippen LogP contribution >= 0.6 is 0 Å². The predicted molar refractivity (Wildman–Crippen MR) is 77.3 cm³/mol. The molecular formula is C16H25NO2. The molecule has 0 amide bonds. The van der Waals surface area contributed by atoms with E-state index in [-0.39, 0.29) is 5.41 Å². The normalized spacial score (nSPS) is 22.2. The van der Waals surface area contributed by atoms with Gasteiger partial charge in [0.15, 0.2) is 0 Å². The zero-order chi connectivity index (χ0) is 13.6. The van der Waals surface area contributed by atoms with Crippen molar-refractivity contribution in [2.45, 2.75) is 25.7 Å². The standard InChI is InChI=1S/C16H25NO2/c1-18-10-11-19-9-8-16(13-17)7-6-14-4-2-3-5-15(14)12-16/h2-5H,6-13,17H2,1H3. The first-order chi connectivity index (χ1) is 9.29. The summed E-state index contributed by atoms with van der Waals surface area (Å²) in [6, 6.07) is 8.73. The van der Waals surface area contributed by atoms with Gasteiger partial charge in [0.25, 0.3) is 0 Å². The van der Waals surface area contributed by atoms with Crippen LogP contribution in [0.15, 0.2) is 24.3 Å². The van der Waals surface area contributed by atoms with Crippen molar-refractivity contribution in [1.29, 1.82) is 0 Å². The van der Waals surface area contributed by atoms with E-state index in [9.17, 15) is 0 Å². The summed E-state index contributed by atoms with van der Waals surface area (Å²) in [7, 11) is 1.70. The van der Waals surface area contributed by atoms with Gasteiger partial charge < -0.3 is 15.2 Å². The minimum atomic E-state index is 0.224. The molecule has 19 heavy (non-hydrogen) atoms. The predicted octanol–water partition coefficient (Wildman–Crippen LogP) is 2.17. The molecule has 1 unspecified atom stereocenters. The van der Waals surface area contributed by atoms with E-state index in [4.69, 9.17) is 15.2 Å². The number of benzene rings is 1. The molecule has 0 radical (unpaired) electrons. The number of ether oxygens (including phenoxy) is 2. The molecule has 1 aliphatic carbocycles. The van der Waals surface area contributed by atoms with Crippen LogP contribution in [0, 0.1) is 5.41 Å². The van der Waals surface area contributed by atoms with Crippen LogP contribution in [-0.4, -0.2) is 33.5 Å². The van der Waals surface area contributed by atoms with Crippen molar-refractivity contribution in [3.8, 4) is 0 Å². The summed E-state index contributed by atoms with van der Waals surface area (Å²) in [6.07, 6.45) is 4.45. The van der Waals surface area contributed by atoms with Gasteiger partial charge in [0.2, 0.25) is 0 Å². The van der Waals surface area contributed by atoms with Crippen LogP contribution in [0.25, 0.3) is 0 Å². The summed E-state index contributed by atoms with van der Waals surface area (Å²) in [4.78, 5) is 0. The van der Waals surface area contributed by atoms with Gasteiger partial charge in [-0.3, -0.25) is 0 Å². The van der Waals surface area contributed by atoms with Crippen molar-refractivity contribution in [1.82, 2.24) is 0 Å². The molecule has 0 aliphatic heterocycles. The number of fused-ring (bicyclic) bond motifs is 1. The molecule has 0 saturated carbocycles. The average Bonchev–Trinajstić information content (AvgIpc) is 2.47. The van der Waals surface area contributed by atoms with E-state index in [1.54, 1.807) is 7.11 Å². The molecule has 1 aromatic carbocycles. The van der Waals surface area contributed by atoms with Gasteiger partial charge in [-0.2, -0.15) is 0 Å². The van der Waals surface area contributed by atoms with E-state index in [1.807, 2.05) is 0 Å². The Balaban J connectivity index is 1.90. The highest BCUT2D eigenvalue weighted by atomic mass is 16.5. The minimum Gasteiger partial charge on any atom is -0.382 e. The van der Waals surface area contributed by atoms with Crippen LogP contribution < -0.4 is 5.73 Å². The summed E-state index contributed by atoms with van der Waals surface area (Å²) in [5.41, 5.74) is 9.24. The average molecular weight is 263 g/mol. The van der Waals surface area contributed by atoms with Crippen LogP contribution in [-0.2, 0) is 22.3 Å². The summed E-state index contributed by atoms with van der Waals surface area (Å²) >= 11 is 0.